The van der Waals surface area contributed by atoms with Crippen LogP contribution in [0.25, 0.3) is 0 Å². The van der Waals surface area contributed by atoms with Crippen molar-refractivity contribution in [3.63, 3.8) is 0 Å². The van der Waals surface area contributed by atoms with E-state index in [2.05, 4.69) is 5.32 Å². The molecule has 1 atom stereocenters. The van der Waals surface area contributed by atoms with Crippen molar-refractivity contribution in [3.05, 3.63) is 29.6 Å². The molecule has 3 heteroatoms. The lowest BCUT2D eigenvalue weighted by Gasteiger charge is -2.10. The third-order valence-electron chi connectivity index (χ3n) is 3.23. The van der Waals surface area contributed by atoms with Crippen LogP contribution in [-0.2, 0) is 4.74 Å². The maximum atomic E-state index is 13.3. The Morgan fingerprint density at radius 2 is 2.35 bits per heavy atom. The first kappa shape index (κ1) is 12.4. The number of hydrogen-bond donors (Lipinski definition) is 1. The first-order chi connectivity index (χ1) is 8.25. The van der Waals surface area contributed by atoms with Gasteiger partial charge >= 0.3 is 0 Å². The van der Waals surface area contributed by atoms with Crippen LogP contribution in [0.5, 0.6) is 0 Å². The molecule has 0 spiro atoms. The summed E-state index contributed by atoms with van der Waals surface area (Å²) < 4.78 is 18.8. The number of aryl methyl sites for hydroxylation is 1. The minimum Gasteiger partial charge on any atom is -0.385 e. The summed E-state index contributed by atoms with van der Waals surface area (Å²) in [5.41, 5.74) is 1.55. The third-order valence-corrected chi connectivity index (χ3v) is 3.23. The Morgan fingerprint density at radius 3 is 3.06 bits per heavy atom. The highest BCUT2D eigenvalue weighted by Gasteiger charge is 2.14. The van der Waals surface area contributed by atoms with E-state index in [-0.39, 0.29) is 5.82 Å². The summed E-state index contributed by atoms with van der Waals surface area (Å²) in [5, 5.41) is 3.24. The van der Waals surface area contributed by atoms with E-state index in [1.54, 1.807) is 19.1 Å². The molecule has 0 saturated carbocycles. The van der Waals surface area contributed by atoms with E-state index in [0.29, 0.717) is 11.7 Å². The van der Waals surface area contributed by atoms with E-state index in [9.17, 15) is 4.39 Å². The highest BCUT2D eigenvalue weighted by molar-refractivity contribution is 5.44. The molecule has 17 heavy (non-hydrogen) atoms. The molecule has 0 bridgehead atoms. The number of benzene rings is 1. The van der Waals surface area contributed by atoms with Crippen molar-refractivity contribution < 1.29 is 9.13 Å². The maximum Gasteiger partial charge on any atom is 0.128 e. The SMILES string of the molecule is Cc1ccc(NCCCC2CCCO2)cc1F. The monoisotopic (exact) mass is 237 g/mol. The molecule has 0 radical (unpaired) electrons. The molecule has 1 aliphatic rings. The molecule has 1 saturated heterocycles. The first-order valence-electron chi connectivity index (χ1n) is 6.37. The Labute approximate surface area is 102 Å². The van der Waals surface area contributed by atoms with Crippen molar-refractivity contribution in [2.24, 2.45) is 0 Å². The van der Waals surface area contributed by atoms with Crippen molar-refractivity contribution in [3.8, 4) is 0 Å². The van der Waals surface area contributed by atoms with Crippen LogP contribution in [0.4, 0.5) is 10.1 Å². The predicted octanol–water partition coefficient (Wildman–Crippen LogP) is 3.51. The van der Waals surface area contributed by atoms with Crippen molar-refractivity contribution in [2.45, 2.75) is 38.7 Å². The molecule has 1 aromatic carbocycles. The summed E-state index contributed by atoms with van der Waals surface area (Å²) >= 11 is 0. The number of ether oxygens (including phenoxy) is 1. The zero-order chi connectivity index (χ0) is 12.1. The van der Waals surface area contributed by atoms with Gasteiger partial charge in [-0.05, 0) is 50.3 Å². The zero-order valence-electron chi connectivity index (χ0n) is 10.3. The fraction of sp³-hybridized carbons (Fsp3) is 0.571. The smallest absolute Gasteiger partial charge is 0.128 e. The van der Waals surface area contributed by atoms with Gasteiger partial charge in [0.15, 0.2) is 0 Å². The van der Waals surface area contributed by atoms with Crippen LogP contribution < -0.4 is 5.32 Å². The van der Waals surface area contributed by atoms with E-state index in [1.807, 2.05) is 6.07 Å². The second kappa shape index (κ2) is 6.01. The summed E-state index contributed by atoms with van der Waals surface area (Å²) in [6, 6.07) is 5.28. The van der Waals surface area contributed by atoms with Crippen molar-refractivity contribution in [1.82, 2.24) is 0 Å². The van der Waals surface area contributed by atoms with Crippen molar-refractivity contribution in [1.29, 1.82) is 0 Å². The Kier molecular flexibility index (Phi) is 4.37. The van der Waals surface area contributed by atoms with E-state index in [4.69, 9.17) is 4.74 Å². The van der Waals surface area contributed by atoms with E-state index in [1.165, 1.54) is 12.8 Å². The summed E-state index contributed by atoms with van der Waals surface area (Å²) in [6.45, 7) is 3.57. The lowest BCUT2D eigenvalue weighted by molar-refractivity contribution is 0.103. The van der Waals surface area contributed by atoms with Crippen molar-refractivity contribution in [2.75, 3.05) is 18.5 Å². The number of halogens is 1. The maximum absolute atomic E-state index is 13.3. The van der Waals surface area contributed by atoms with Gasteiger partial charge in [0.05, 0.1) is 6.10 Å². The number of hydrogen-bond acceptors (Lipinski definition) is 2. The molecule has 1 N–H and O–H groups in total. The second-order valence-electron chi connectivity index (χ2n) is 4.67. The highest BCUT2D eigenvalue weighted by atomic mass is 19.1. The van der Waals surface area contributed by atoms with Crippen LogP contribution in [0, 0.1) is 12.7 Å². The van der Waals surface area contributed by atoms with Crippen LogP contribution in [0.3, 0.4) is 0 Å². The minimum atomic E-state index is -0.144. The van der Waals surface area contributed by atoms with Crippen molar-refractivity contribution >= 4 is 5.69 Å². The molecule has 1 fully saturated rings. The average Bonchev–Trinajstić information content (AvgIpc) is 2.82. The van der Waals surface area contributed by atoms with Crippen LogP contribution in [0.2, 0.25) is 0 Å². The molecular formula is C14H20FNO. The zero-order valence-corrected chi connectivity index (χ0v) is 10.3. The Balaban J connectivity index is 1.68. The van der Waals surface area contributed by atoms with E-state index >= 15 is 0 Å². The highest BCUT2D eigenvalue weighted by Crippen LogP contribution is 2.17. The fourth-order valence-corrected chi connectivity index (χ4v) is 2.14. The number of nitrogens with one attached hydrogen (secondary N) is 1. The van der Waals surface area contributed by atoms with Gasteiger partial charge in [-0.2, -0.15) is 0 Å². The largest absolute Gasteiger partial charge is 0.385 e. The van der Waals surface area contributed by atoms with Crippen LogP contribution in [-0.4, -0.2) is 19.3 Å². The Bertz CT molecular complexity index is 361. The molecule has 0 aliphatic carbocycles. The van der Waals surface area contributed by atoms with Gasteiger partial charge in [0, 0.05) is 18.8 Å². The number of anilines is 1. The first-order valence-corrected chi connectivity index (χ1v) is 6.37. The molecule has 2 nitrogen and oxygen atoms in total. The molecule has 1 heterocycles. The average molecular weight is 237 g/mol. The van der Waals surface area contributed by atoms with Gasteiger partial charge < -0.3 is 10.1 Å². The van der Waals surface area contributed by atoms with Gasteiger partial charge in [-0.3, -0.25) is 0 Å². The molecular weight excluding hydrogens is 217 g/mol. The molecule has 1 unspecified atom stereocenters. The van der Waals surface area contributed by atoms with Gasteiger partial charge in [0.1, 0.15) is 5.82 Å². The molecule has 1 aliphatic heterocycles. The summed E-state index contributed by atoms with van der Waals surface area (Å²) in [6.07, 6.45) is 5.01. The molecule has 94 valence electrons. The topological polar surface area (TPSA) is 21.3 Å². The summed E-state index contributed by atoms with van der Waals surface area (Å²) in [4.78, 5) is 0. The molecule has 0 aromatic heterocycles. The standard InChI is InChI=1S/C14H20FNO/c1-11-6-7-12(10-14(11)15)16-8-2-4-13-5-3-9-17-13/h6-7,10,13,16H,2-5,8-9H2,1H3. The summed E-state index contributed by atoms with van der Waals surface area (Å²) in [5.74, 6) is -0.144. The van der Waals surface area contributed by atoms with Gasteiger partial charge in [0.25, 0.3) is 0 Å². The fourth-order valence-electron chi connectivity index (χ4n) is 2.14. The normalized spacial score (nSPS) is 19.5. The Morgan fingerprint density at radius 1 is 1.47 bits per heavy atom. The van der Waals surface area contributed by atoms with Crippen LogP contribution >= 0.6 is 0 Å². The quantitative estimate of drug-likeness (QED) is 0.791. The lowest BCUT2D eigenvalue weighted by Crippen LogP contribution is -2.09. The van der Waals surface area contributed by atoms with Crippen LogP contribution in [0.1, 0.15) is 31.2 Å². The molecule has 2 rings (SSSR count). The van der Waals surface area contributed by atoms with Crippen LogP contribution in [0.15, 0.2) is 18.2 Å². The van der Waals surface area contributed by atoms with E-state index < -0.39 is 0 Å². The lowest BCUT2D eigenvalue weighted by atomic mass is 10.1. The van der Waals surface area contributed by atoms with Gasteiger partial charge in [-0.1, -0.05) is 6.07 Å². The van der Waals surface area contributed by atoms with Gasteiger partial charge in [0.2, 0.25) is 0 Å². The van der Waals surface area contributed by atoms with Gasteiger partial charge in [-0.25, -0.2) is 4.39 Å². The second-order valence-corrected chi connectivity index (χ2v) is 4.67. The predicted molar refractivity (Wildman–Crippen MR) is 67.8 cm³/mol. The van der Waals surface area contributed by atoms with Gasteiger partial charge in [-0.15, -0.1) is 0 Å². The third kappa shape index (κ3) is 3.70. The summed E-state index contributed by atoms with van der Waals surface area (Å²) in [7, 11) is 0. The van der Waals surface area contributed by atoms with E-state index in [0.717, 1.165) is 31.7 Å². The number of rotatable bonds is 5. The molecule has 0 amide bonds. The molecule has 1 aromatic rings. The minimum absolute atomic E-state index is 0.144. The Hall–Kier alpha value is -1.09.